The molecule has 0 aromatic heterocycles. The number of alkyl carbamates (subject to hydrolysis) is 1. The molecule has 0 aliphatic carbocycles. The summed E-state index contributed by atoms with van der Waals surface area (Å²) in [6.07, 6.45) is 0.165. The van der Waals surface area contributed by atoms with Gasteiger partial charge < -0.3 is 19.5 Å². The van der Waals surface area contributed by atoms with Crippen LogP contribution in [0.1, 0.15) is 54.3 Å². The van der Waals surface area contributed by atoms with Crippen molar-refractivity contribution in [3.63, 3.8) is 0 Å². The van der Waals surface area contributed by atoms with E-state index in [1.807, 2.05) is 0 Å². The van der Waals surface area contributed by atoms with Gasteiger partial charge in [0.15, 0.2) is 0 Å². The summed E-state index contributed by atoms with van der Waals surface area (Å²) in [6.45, 7) is 5.49. The van der Waals surface area contributed by atoms with Gasteiger partial charge in [-0.25, -0.2) is 22.8 Å². The topological polar surface area (TPSA) is 128 Å². The van der Waals surface area contributed by atoms with Gasteiger partial charge in [0.05, 0.1) is 30.2 Å². The fraction of sp³-hybridized carbons (Fsp3) is 0.550. The number of methoxy groups -OCH3 is 2. The minimum Gasteiger partial charge on any atom is -0.465 e. The van der Waals surface area contributed by atoms with Crippen LogP contribution in [0, 0.1) is 0 Å². The number of ether oxygens (including phenoxy) is 3. The first-order chi connectivity index (χ1) is 14.4. The van der Waals surface area contributed by atoms with Crippen molar-refractivity contribution in [2.24, 2.45) is 0 Å². The van der Waals surface area contributed by atoms with Crippen LogP contribution in [0.25, 0.3) is 0 Å². The van der Waals surface area contributed by atoms with Crippen LogP contribution in [0.4, 0.5) is 4.79 Å². The third-order valence-electron chi connectivity index (χ3n) is 4.60. The number of benzene rings is 1. The minimum atomic E-state index is -4.11. The van der Waals surface area contributed by atoms with Gasteiger partial charge in [-0.05, 0) is 51.8 Å². The van der Waals surface area contributed by atoms with Crippen LogP contribution < -0.4 is 5.32 Å². The third kappa shape index (κ3) is 6.17. The van der Waals surface area contributed by atoms with E-state index in [4.69, 9.17) is 4.74 Å². The number of sulfonamides is 1. The Hall–Kier alpha value is -2.66. The lowest BCUT2D eigenvalue weighted by molar-refractivity contribution is 0.0487. The molecule has 11 heteroatoms. The molecule has 1 fully saturated rings. The zero-order chi connectivity index (χ0) is 23.4. The number of piperidine rings is 1. The molecule has 1 amide bonds. The number of carbonyl (C=O) groups is 3. The molecule has 0 atom stereocenters. The van der Waals surface area contributed by atoms with E-state index in [0.29, 0.717) is 12.8 Å². The summed E-state index contributed by atoms with van der Waals surface area (Å²) < 4.78 is 42.3. The van der Waals surface area contributed by atoms with Gasteiger partial charge >= 0.3 is 18.0 Å². The Morgan fingerprint density at radius 1 is 1.03 bits per heavy atom. The highest BCUT2D eigenvalue weighted by Crippen LogP contribution is 2.26. The van der Waals surface area contributed by atoms with Gasteiger partial charge in [-0.1, -0.05) is 0 Å². The number of hydrogen-bond acceptors (Lipinski definition) is 8. The number of nitrogens with zero attached hydrogens (tertiary/aromatic N) is 1. The monoisotopic (exact) mass is 456 g/mol. The first-order valence-electron chi connectivity index (χ1n) is 9.69. The zero-order valence-electron chi connectivity index (χ0n) is 18.3. The quantitative estimate of drug-likeness (QED) is 0.526. The molecular weight excluding hydrogens is 428 g/mol. The summed E-state index contributed by atoms with van der Waals surface area (Å²) in [5.41, 5.74) is -0.817. The fourth-order valence-corrected chi connectivity index (χ4v) is 4.79. The number of hydrogen-bond donors (Lipinski definition) is 1. The molecule has 0 unspecified atom stereocenters. The van der Waals surface area contributed by atoms with Gasteiger partial charge in [0.1, 0.15) is 5.60 Å². The standard InChI is InChI=1S/C20H28N2O8S/c1-20(2,3)30-19(25)21-14-8-10-22(11-9-14)31(26,27)16-12-13(17(23)28-4)6-7-15(16)18(24)29-5/h6-7,12,14H,8-11H2,1-5H3,(H,21,25). The highest BCUT2D eigenvalue weighted by atomic mass is 32.2. The molecule has 0 radical (unpaired) electrons. The van der Waals surface area contributed by atoms with Crippen LogP contribution in [0.5, 0.6) is 0 Å². The molecule has 172 valence electrons. The van der Waals surface area contributed by atoms with Crippen molar-refractivity contribution in [1.82, 2.24) is 9.62 Å². The molecule has 1 aromatic carbocycles. The van der Waals surface area contributed by atoms with Gasteiger partial charge in [-0.3, -0.25) is 0 Å². The number of rotatable bonds is 5. The van der Waals surface area contributed by atoms with Crippen molar-refractivity contribution in [3.8, 4) is 0 Å². The summed E-state index contributed by atoms with van der Waals surface area (Å²) in [7, 11) is -1.80. The Kier molecular flexibility index (Phi) is 7.66. The lowest BCUT2D eigenvalue weighted by Crippen LogP contribution is -2.47. The number of amides is 1. The zero-order valence-corrected chi connectivity index (χ0v) is 19.1. The van der Waals surface area contributed by atoms with Gasteiger partial charge in [0.25, 0.3) is 0 Å². The predicted octanol–water partition coefficient (Wildman–Crippen LogP) is 1.94. The highest BCUT2D eigenvalue weighted by molar-refractivity contribution is 7.89. The Labute approximate surface area is 181 Å². The third-order valence-corrected chi connectivity index (χ3v) is 6.54. The molecule has 10 nitrogen and oxygen atoms in total. The van der Waals surface area contributed by atoms with Gasteiger partial charge in [0, 0.05) is 19.1 Å². The van der Waals surface area contributed by atoms with Crippen molar-refractivity contribution in [2.75, 3.05) is 27.3 Å². The Morgan fingerprint density at radius 2 is 1.61 bits per heavy atom. The number of nitrogens with one attached hydrogen (secondary N) is 1. The summed E-state index contributed by atoms with van der Waals surface area (Å²) in [6, 6.07) is 3.39. The van der Waals surface area contributed by atoms with Crippen LogP contribution in [0.15, 0.2) is 23.1 Å². The van der Waals surface area contributed by atoms with Crippen molar-refractivity contribution in [2.45, 2.75) is 50.2 Å². The first-order valence-corrected chi connectivity index (χ1v) is 11.1. The number of carbonyl (C=O) groups excluding carboxylic acids is 3. The molecule has 0 spiro atoms. The molecule has 1 N–H and O–H groups in total. The summed E-state index contributed by atoms with van der Waals surface area (Å²) in [4.78, 5) is 35.6. The SMILES string of the molecule is COC(=O)c1ccc(C(=O)OC)c(S(=O)(=O)N2CCC(NC(=O)OC(C)(C)C)CC2)c1. The van der Waals surface area contributed by atoms with E-state index in [-0.39, 0.29) is 35.2 Å². The van der Waals surface area contributed by atoms with Crippen LogP contribution in [-0.4, -0.2) is 69.7 Å². The molecule has 1 heterocycles. The molecule has 31 heavy (non-hydrogen) atoms. The molecule has 2 rings (SSSR count). The molecule has 0 bridgehead atoms. The second-order valence-electron chi connectivity index (χ2n) is 8.02. The summed E-state index contributed by atoms with van der Waals surface area (Å²) in [5, 5.41) is 2.74. The van der Waals surface area contributed by atoms with Crippen molar-refractivity contribution in [3.05, 3.63) is 29.3 Å². The lowest BCUT2D eigenvalue weighted by Gasteiger charge is -2.32. The molecule has 1 aromatic rings. The first kappa shape index (κ1) is 24.6. The predicted molar refractivity (Wildman–Crippen MR) is 110 cm³/mol. The van der Waals surface area contributed by atoms with E-state index in [9.17, 15) is 22.8 Å². The second-order valence-corrected chi connectivity index (χ2v) is 9.93. The Balaban J connectivity index is 2.21. The normalized spacial score (nSPS) is 15.8. The maximum absolute atomic E-state index is 13.3. The largest absolute Gasteiger partial charge is 0.465 e. The molecule has 1 aliphatic rings. The minimum absolute atomic E-state index is 0.00444. The number of esters is 2. The average molecular weight is 457 g/mol. The van der Waals surface area contributed by atoms with E-state index in [2.05, 4.69) is 14.8 Å². The van der Waals surface area contributed by atoms with E-state index < -0.39 is 33.7 Å². The summed E-state index contributed by atoms with van der Waals surface area (Å²) >= 11 is 0. The maximum atomic E-state index is 13.3. The Morgan fingerprint density at radius 3 is 2.13 bits per heavy atom. The second kappa shape index (κ2) is 9.65. The van der Waals surface area contributed by atoms with Crippen molar-refractivity contribution < 1.29 is 37.0 Å². The van der Waals surface area contributed by atoms with Gasteiger partial charge in [-0.2, -0.15) is 4.31 Å². The lowest BCUT2D eigenvalue weighted by atomic mass is 10.1. The van der Waals surface area contributed by atoms with Gasteiger partial charge in [-0.15, -0.1) is 0 Å². The van der Waals surface area contributed by atoms with E-state index >= 15 is 0 Å². The molecule has 1 saturated heterocycles. The van der Waals surface area contributed by atoms with Crippen LogP contribution in [-0.2, 0) is 24.2 Å². The van der Waals surface area contributed by atoms with E-state index in [1.165, 1.54) is 23.5 Å². The van der Waals surface area contributed by atoms with Gasteiger partial charge in [0.2, 0.25) is 10.0 Å². The smallest absolute Gasteiger partial charge is 0.407 e. The highest BCUT2D eigenvalue weighted by Gasteiger charge is 2.34. The average Bonchev–Trinajstić information content (AvgIpc) is 2.71. The summed E-state index contributed by atoms with van der Waals surface area (Å²) in [5.74, 6) is -1.57. The maximum Gasteiger partial charge on any atom is 0.407 e. The molecule has 0 saturated carbocycles. The molecular formula is C20H28N2O8S. The van der Waals surface area contributed by atoms with E-state index in [1.54, 1.807) is 20.8 Å². The van der Waals surface area contributed by atoms with Crippen LogP contribution >= 0.6 is 0 Å². The fourth-order valence-electron chi connectivity index (χ4n) is 3.11. The van der Waals surface area contributed by atoms with E-state index in [0.717, 1.165) is 13.2 Å². The van der Waals surface area contributed by atoms with Crippen molar-refractivity contribution in [1.29, 1.82) is 0 Å². The van der Waals surface area contributed by atoms with Crippen LogP contribution in [0.2, 0.25) is 0 Å². The molecule has 1 aliphatic heterocycles. The van der Waals surface area contributed by atoms with Crippen molar-refractivity contribution >= 4 is 28.1 Å². The Bertz CT molecular complexity index is 944. The van der Waals surface area contributed by atoms with Crippen LogP contribution in [0.3, 0.4) is 0 Å².